The molecule has 0 fully saturated rings. The number of nitrogens with zero attached hydrogens (tertiary/aromatic N) is 3. The van der Waals surface area contributed by atoms with Crippen LogP contribution in [0.15, 0.2) is 17.7 Å². The Balaban J connectivity index is 2.17. The van der Waals surface area contributed by atoms with Crippen LogP contribution in [0.4, 0.5) is 0 Å². The molecular weight excluding hydrogens is 232 g/mol. The Morgan fingerprint density at radius 1 is 1.47 bits per heavy atom. The number of rotatable bonds is 4. The SMILES string of the molecule is CC(CCl)CSc1ncnc2nc[nH]c12. The van der Waals surface area contributed by atoms with Gasteiger partial charge in [0.05, 0.1) is 6.33 Å². The fraction of sp³-hybridized carbons (Fsp3) is 0.444. The number of aromatic amines is 1. The predicted molar refractivity (Wildman–Crippen MR) is 62.3 cm³/mol. The Hall–Kier alpha value is -0.810. The Morgan fingerprint density at radius 3 is 3.13 bits per heavy atom. The topological polar surface area (TPSA) is 54.5 Å². The average molecular weight is 243 g/mol. The molecule has 80 valence electrons. The van der Waals surface area contributed by atoms with Crippen molar-refractivity contribution in [2.45, 2.75) is 11.9 Å². The third-order valence-electron chi connectivity index (χ3n) is 1.96. The van der Waals surface area contributed by atoms with Crippen LogP contribution in [0.3, 0.4) is 0 Å². The van der Waals surface area contributed by atoms with Gasteiger partial charge in [-0.25, -0.2) is 15.0 Å². The lowest BCUT2D eigenvalue weighted by molar-refractivity contribution is 0.758. The highest BCUT2D eigenvalue weighted by Crippen LogP contribution is 2.23. The van der Waals surface area contributed by atoms with Gasteiger partial charge in [-0.05, 0) is 5.92 Å². The molecule has 0 saturated heterocycles. The molecule has 0 saturated carbocycles. The van der Waals surface area contributed by atoms with Crippen molar-refractivity contribution in [1.82, 2.24) is 19.9 Å². The monoisotopic (exact) mass is 242 g/mol. The van der Waals surface area contributed by atoms with E-state index in [2.05, 4.69) is 26.9 Å². The minimum Gasteiger partial charge on any atom is -0.341 e. The Bertz CT molecular complexity index is 444. The largest absolute Gasteiger partial charge is 0.341 e. The molecule has 15 heavy (non-hydrogen) atoms. The summed E-state index contributed by atoms with van der Waals surface area (Å²) in [6, 6.07) is 0. The van der Waals surface area contributed by atoms with Gasteiger partial charge in [0.15, 0.2) is 5.65 Å². The van der Waals surface area contributed by atoms with Crippen molar-refractivity contribution in [1.29, 1.82) is 0 Å². The molecule has 0 amide bonds. The molecule has 0 aliphatic heterocycles. The van der Waals surface area contributed by atoms with Gasteiger partial charge in [0.2, 0.25) is 0 Å². The van der Waals surface area contributed by atoms with E-state index in [9.17, 15) is 0 Å². The van der Waals surface area contributed by atoms with E-state index in [-0.39, 0.29) is 0 Å². The number of fused-ring (bicyclic) bond motifs is 1. The standard InChI is InChI=1S/C9H11ClN4S/c1-6(2-10)3-15-9-7-8(12-4-11-7)13-5-14-9/h4-6H,2-3H2,1H3,(H,11,12,13,14). The van der Waals surface area contributed by atoms with Crippen LogP contribution in [-0.2, 0) is 0 Å². The maximum absolute atomic E-state index is 5.75. The van der Waals surface area contributed by atoms with Gasteiger partial charge in [0, 0.05) is 11.6 Å². The molecule has 2 aromatic rings. The molecule has 0 spiro atoms. The van der Waals surface area contributed by atoms with Gasteiger partial charge in [0.1, 0.15) is 16.9 Å². The summed E-state index contributed by atoms with van der Waals surface area (Å²) in [6.45, 7) is 2.12. The van der Waals surface area contributed by atoms with E-state index in [0.29, 0.717) is 17.4 Å². The molecule has 1 N–H and O–H groups in total. The van der Waals surface area contributed by atoms with Crippen molar-refractivity contribution in [2.24, 2.45) is 5.92 Å². The van der Waals surface area contributed by atoms with E-state index in [0.717, 1.165) is 16.3 Å². The van der Waals surface area contributed by atoms with Crippen LogP contribution in [0, 0.1) is 5.92 Å². The van der Waals surface area contributed by atoms with E-state index in [1.54, 1.807) is 18.1 Å². The highest BCUT2D eigenvalue weighted by molar-refractivity contribution is 7.99. The van der Waals surface area contributed by atoms with E-state index < -0.39 is 0 Å². The van der Waals surface area contributed by atoms with Crippen molar-refractivity contribution < 1.29 is 0 Å². The predicted octanol–water partition coefficient (Wildman–Crippen LogP) is 2.32. The second kappa shape index (κ2) is 4.81. The lowest BCUT2D eigenvalue weighted by Crippen LogP contribution is -1.99. The Kier molecular flexibility index (Phi) is 3.43. The lowest BCUT2D eigenvalue weighted by atomic mass is 10.3. The fourth-order valence-corrected chi connectivity index (χ4v) is 2.33. The molecule has 1 atom stereocenters. The fourth-order valence-electron chi connectivity index (χ4n) is 1.12. The van der Waals surface area contributed by atoms with Gasteiger partial charge in [-0.3, -0.25) is 0 Å². The number of hydrogen-bond acceptors (Lipinski definition) is 4. The smallest absolute Gasteiger partial charge is 0.181 e. The zero-order chi connectivity index (χ0) is 10.7. The molecule has 2 rings (SSSR count). The molecule has 4 nitrogen and oxygen atoms in total. The molecule has 0 aliphatic carbocycles. The van der Waals surface area contributed by atoms with Crippen molar-refractivity contribution in [3.05, 3.63) is 12.7 Å². The average Bonchev–Trinajstić information content (AvgIpc) is 2.74. The number of imidazole rings is 1. The van der Waals surface area contributed by atoms with Gasteiger partial charge in [-0.1, -0.05) is 6.92 Å². The Labute approximate surface area is 96.9 Å². The van der Waals surface area contributed by atoms with E-state index in [4.69, 9.17) is 11.6 Å². The summed E-state index contributed by atoms with van der Waals surface area (Å²) in [5.41, 5.74) is 1.62. The second-order valence-corrected chi connectivity index (χ2v) is 4.67. The van der Waals surface area contributed by atoms with Gasteiger partial charge >= 0.3 is 0 Å². The minimum atomic E-state index is 0.476. The molecule has 0 aromatic carbocycles. The van der Waals surface area contributed by atoms with Crippen molar-refractivity contribution in [3.63, 3.8) is 0 Å². The van der Waals surface area contributed by atoms with Crippen LogP contribution >= 0.6 is 23.4 Å². The number of thioether (sulfide) groups is 1. The van der Waals surface area contributed by atoms with Gasteiger partial charge < -0.3 is 4.98 Å². The summed E-state index contributed by atoms with van der Waals surface area (Å²) in [6.07, 6.45) is 3.17. The normalized spacial score (nSPS) is 13.2. The zero-order valence-corrected chi connectivity index (χ0v) is 9.85. The van der Waals surface area contributed by atoms with Crippen LogP contribution in [-0.4, -0.2) is 31.6 Å². The third-order valence-corrected chi connectivity index (χ3v) is 3.80. The van der Waals surface area contributed by atoms with Crippen LogP contribution in [0.1, 0.15) is 6.92 Å². The molecule has 0 aliphatic rings. The van der Waals surface area contributed by atoms with Crippen molar-refractivity contribution >= 4 is 34.5 Å². The highest BCUT2D eigenvalue weighted by atomic mass is 35.5. The number of halogens is 1. The first-order chi connectivity index (χ1) is 7.31. The lowest BCUT2D eigenvalue weighted by Gasteiger charge is -2.05. The van der Waals surface area contributed by atoms with Crippen LogP contribution in [0.5, 0.6) is 0 Å². The number of H-pyrrole nitrogens is 1. The molecule has 2 heterocycles. The number of alkyl halides is 1. The first-order valence-electron chi connectivity index (χ1n) is 4.64. The maximum Gasteiger partial charge on any atom is 0.181 e. The molecule has 6 heteroatoms. The van der Waals surface area contributed by atoms with Crippen molar-refractivity contribution in [3.8, 4) is 0 Å². The van der Waals surface area contributed by atoms with Gasteiger partial charge in [0.25, 0.3) is 0 Å². The van der Waals surface area contributed by atoms with E-state index in [1.807, 2.05) is 0 Å². The molecule has 0 radical (unpaired) electrons. The summed E-state index contributed by atoms with van der Waals surface area (Å²) in [5.74, 6) is 2.10. The quantitative estimate of drug-likeness (QED) is 0.508. The zero-order valence-electron chi connectivity index (χ0n) is 8.27. The molecule has 1 unspecified atom stereocenters. The summed E-state index contributed by atoms with van der Waals surface area (Å²) in [7, 11) is 0. The summed E-state index contributed by atoms with van der Waals surface area (Å²) < 4.78 is 0. The first-order valence-corrected chi connectivity index (χ1v) is 6.16. The van der Waals surface area contributed by atoms with Crippen molar-refractivity contribution in [2.75, 3.05) is 11.6 Å². The van der Waals surface area contributed by atoms with Crippen LogP contribution in [0.25, 0.3) is 11.2 Å². The maximum atomic E-state index is 5.75. The van der Waals surface area contributed by atoms with Gasteiger partial charge in [-0.15, -0.1) is 23.4 Å². The molecular formula is C9H11ClN4S. The third kappa shape index (κ3) is 2.41. The highest BCUT2D eigenvalue weighted by Gasteiger charge is 2.08. The summed E-state index contributed by atoms with van der Waals surface area (Å²) in [4.78, 5) is 15.4. The Morgan fingerprint density at radius 2 is 2.33 bits per heavy atom. The first kappa shape index (κ1) is 10.7. The minimum absolute atomic E-state index is 0.476. The number of nitrogens with one attached hydrogen (secondary N) is 1. The summed E-state index contributed by atoms with van der Waals surface area (Å²) in [5, 5.41) is 0.939. The molecule has 2 aromatic heterocycles. The van der Waals surface area contributed by atoms with E-state index >= 15 is 0 Å². The summed E-state index contributed by atoms with van der Waals surface area (Å²) >= 11 is 7.43. The van der Waals surface area contributed by atoms with E-state index in [1.165, 1.54) is 6.33 Å². The van der Waals surface area contributed by atoms with Gasteiger partial charge in [-0.2, -0.15) is 0 Å². The van der Waals surface area contributed by atoms with Crippen LogP contribution < -0.4 is 0 Å². The number of hydrogen-bond donors (Lipinski definition) is 1. The number of aromatic nitrogens is 4. The second-order valence-electron chi connectivity index (χ2n) is 3.35. The molecule has 0 bridgehead atoms. The van der Waals surface area contributed by atoms with Crippen LogP contribution in [0.2, 0.25) is 0 Å².